The Hall–Kier alpha value is -1.12. The van der Waals surface area contributed by atoms with Crippen LogP contribution >= 0.6 is 0 Å². The molecule has 3 fully saturated rings. The van der Waals surface area contributed by atoms with Crippen LogP contribution in [-0.4, -0.2) is 6.11 Å². The fourth-order valence-electron chi connectivity index (χ4n) is 7.26. The summed E-state index contributed by atoms with van der Waals surface area (Å²) in [5.74, 6) is 3.36. The molecule has 186 valence electrons. The van der Waals surface area contributed by atoms with Gasteiger partial charge in [0.1, 0.15) is 5.75 Å². The molecule has 1 aromatic rings. The van der Waals surface area contributed by atoms with Crippen molar-refractivity contribution in [2.24, 2.45) is 29.6 Å². The van der Waals surface area contributed by atoms with E-state index in [2.05, 4.69) is 27.7 Å². The van der Waals surface area contributed by atoms with Crippen LogP contribution in [0.1, 0.15) is 119 Å². The zero-order chi connectivity index (χ0) is 23.8. The molecule has 0 radical (unpaired) electrons. The minimum absolute atomic E-state index is 0.395. The Bertz CT molecular complexity index is 792. The summed E-state index contributed by atoms with van der Waals surface area (Å²) in [5, 5.41) is 0. The number of aryl methyl sites for hydroxylation is 1. The molecule has 0 bridgehead atoms. The van der Waals surface area contributed by atoms with Crippen LogP contribution in [0.4, 0.5) is 8.78 Å². The third-order valence-corrected chi connectivity index (χ3v) is 9.75. The van der Waals surface area contributed by atoms with E-state index in [-0.39, 0.29) is 0 Å². The maximum Gasteiger partial charge on any atom is 0.400 e. The number of alkyl halides is 2. The molecule has 33 heavy (non-hydrogen) atoms. The van der Waals surface area contributed by atoms with Gasteiger partial charge in [0.2, 0.25) is 0 Å². The molecular formula is C30H46F2O. The number of benzene rings is 1. The SMILES string of the molecule is Cc1cc(OC(F)(F)C2CCC(C3CCC(C)CC3)CC2)c(C)c(C)c1C1CCC(C)CC1. The monoisotopic (exact) mass is 460 g/mol. The zero-order valence-corrected chi connectivity index (χ0v) is 21.7. The number of hydrogen-bond acceptors (Lipinski definition) is 1. The molecule has 0 heterocycles. The Kier molecular flexibility index (Phi) is 7.76. The van der Waals surface area contributed by atoms with Gasteiger partial charge < -0.3 is 4.74 Å². The van der Waals surface area contributed by atoms with E-state index in [1.54, 1.807) is 0 Å². The van der Waals surface area contributed by atoms with E-state index in [1.165, 1.54) is 56.9 Å². The molecule has 1 aromatic carbocycles. The zero-order valence-electron chi connectivity index (χ0n) is 21.7. The standard InChI is InChI=1S/C30H46F2O/c1-19-6-10-24(11-7-19)25-14-16-27(17-15-25)30(31,32)33-28-18-21(3)29(23(5)22(28)4)26-12-8-20(2)9-13-26/h18-20,24-27H,6-17H2,1-5H3. The Morgan fingerprint density at radius 1 is 0.697 bits per heavy atom. The predicted molar refractivity (Wildman–Crippen MR) is 133 cm³/mol. The second-order valence-electron chi connectivity index (χ2n) is 12.1. The third-order valence-electron chi connectivity index (χ3n) is 9.75. The summed E-state index contributed by atoms with van der Waals surface area (Å²) in [6.45, 7) is 10.8. The summed E-state index contributed by atoms with van der Waals surface area (Å²) in [5.41, 5.74) is 4.57. The smallest absolute Gasteiger partial charge is 0.400 e. The Morgan fingerprint density at radius 2 is 1.18 bits per heavy atom. The van der Waals surface area contributed by atoms with Gasteiger partial charge >= 0.3 is 6.11 Å². The molecule has 3 heteroatoms. The molecule has 0 amide bonds. The predicted octanol–water partition coefficient (Wildman–Crippen LogP) is 9.51. The van der Waals surface area contributed by atoms with Crippen molar-refractivity contribution in [1.29, 1.82) is 0 Å². The Morgan fingerprint density at radius 3 is 1.73 bits per heavy atom. The van der Waals surface area contributed by atoms with Crippen molar-refractivity contribution in [1.82, 2.24) is 0 Å². The van der Waals surface area contributed by atoms with Crippen LogP contribution in [0, 0.1) is 50.4 Å². The summed E-state index contributed by atoms with van der Waals surface area (Å²) in [6, 6.07) is 1.90. The number of ether oxygens (including phenoxy) is 1. The molecule has 3 aliphatic rings. The second-order valence-corrected chi connectivity index (χ2v) is 12.1. The van der Waals surface area contributed by atoms with Crippen LogP contribution in [0.3, 0.4) is 0 Å². The molecule has 0 aromatic heterocycles. The molecule has 1 nitrogen and oxygen atoms in total. The highest BCUT2D eigenvalue weighted by Gasteiger charge is 2.45. The highest BCUT2D eigenvalue weighted by atomic mass is 19.3. The van der Waals surface area contributed by atoms with Crippen molar-refractivity contribution in [3.8, 4) is 5.75 Å². The Labute approximate surface area is 201 Å². The van der Waals surface area contributed by atoms with Gasteiger partial charge in [0.05, 0.1) is 5.92 Å². The summed E-state index contributed by atoms with van der Waals surface area (Å²) in [6.07, 6.45) is 10.2. The van der Waals surface area contributed by atoms with E-state index >= 15 is 8.78 Å². The fourth-order valence-corrected chi connectivity index (χ4v) is 7.26. The van der Waals surface area contributed by atoms with Crippen molar-refractivity contribution >= 4 is 0 Å². The summed E-state index contributed by atoms with van der Waals surface area (Å²) >= 11 is 0. The third kappa shape index (κ3) is 5.59. The van der Waals surface area contributed by atoms with Crippen LogP contribution in [0.25, 0.3) is 0 Å². The van der Waals surface area contributed by atoms with Crippen molar-refractivity contribution in [2.45, 2.75) is 124 Å². The lowest BCUT2D eigenvalue weighted by Crippen LogP contribution is -2.38. The number of halogens is 2. The molecule has 3 aliphatic carbocycles. The van der Waals surface area contributed by atoms with E-state index < -0.39 is 12.0 Å². The van der Waals surface area contributed by atoms with Gasteiger partial charge in [0, 0.05) is 0 Å². The van der Waals surface area contributed by atoms with Crippen molar-refractivity contribution in [2.75, 3.05) is 0 Å². The maximum absolute atomic E-state index is 15.3. The van der Waals surface area contributed by atoms with Crippen molar-refractivity contribution in [3.05, 3.63) is 28.3 Å². The average Bonchev–Trinajstić information content (AvgIpc) is 2.79. The van der Waals surface area contributed by atoms with Crippen molar-refractivity contribution in [3.63, 3.8) is 0 Å². The highest BCUT2D eigenvalue weighted by Crippen LogP contribution is 2.47. The van der Waals surface area contributed by atoms with E-state index in [9.17, 15) is 0 Å². The number of hydrogen-bond donors (Lipinski definition) is 0. The summed E-state index contributed by atoms with van der Waals surface area (Å²) in [7, 11) is 0. The summed E-state index contributed by atoms with van der Waals surface area (Å²) in [4.78, 5) is 0. The molecule has 0 N–H and O–H groups in total. The van der Waals surface area contributed by atoms with Gasteiger partial charge in [-0.3, -0.25) is 0 Å². The van der Waals surface area contributed by atoms with E-state index in [1.807, 2.05) is 13.0 Å². The van der Waals surface area contributed by atoms with Crippen LogP contribution in [0.5, 0.6) is 5.75 Å². The molecule has 3 saturated carbocycles. The molecular weight excluding hydrogens is 414 g/mol. The van der Waals surface area contributed by atoms with Crippen LogP contribution in [-0.2, 0) is 0 Å². The molecule has 0 saturated heterocycles. The molecule has 0 unspecified atom stereocenters. The minimum Gasteiger partial charge on any atom is -0.432 e. The average molecular weight is 461 g/mol. The van der Waals surface area contributed by atoms with Crippen molar-refractivity contribution < 1.29 is 13.5 Å². The topological polar surface area (TPSA) is 9.23 Å². The largest absolute Gasteiger partial charge is 0.432 e. The normalized spacial score (nSPS) is 33.7. The molecule has 4 rings (SSSR count). The van der Waals surface area contributed by atoms with E-state index in [0.29, 0.717) is 30.4 Å². The first-order valence-electron chi connectivity index (χ1n) is 13.8. The maximum atomic E-state index is 15.3. The lowest BCUT2D eigenvalue weighted by molar-refractivity contribution is -0.224. The van der Waals surface area contributed by atoms with Crippen LogP contribution in [0.15, 0.2) is 6.07 Å². The van der Waals surface area contributed by atoms with Crippen LogP contribution < -0.4 is 4.74 Å². The van der Waals surface area contributed by atoms with Gasteiger partial charge in [-0.1, -0.05) is 39.5 Å². The van der Waals surface area contributed by atoms with Gasteiger partial charge in [-0.25, -0.2) is 0 Å². The second kappa shape index (κ2) is 10.2. The highest BCUT2D eigenvalue weighted by molar-refractivity contribution is 5.49. The van der Waals surface area contributed by atoms with E-state index in [4.69, 9.17) is 4.74 Å². The lowest BCUT2D eigenvalue weighted by atomic mass is 9.69. The lowest BCUT2D eigenvalue weighted by Gasteiger charge is -2.39. The first kappa shape index (κ1) is 25.0. The molecule has 0 spiro atoms. The van der Waals surface area contributed by atoms with E-state index in [0.717, 1.165) is 47.3 Å². The Balaban J connectivity index is 1.40. The molecule has 0 atom stereocenters. The van der Waals surface area contributed by atoms with Gasteiger partial charge in [-0.15, -0.1) is 0 Å². The van der Waals surface area contributed by atoms with Gasteiger partial charge in [-0.2, -0.15) is 8.78 Å². The van der Waals surface area contributed by atoms with Gasteiger partial charge in [0.25, 0.3) is 0 Å². The van der Waals surface area contributed by atoms with Gasteiger partial charge in [0.15, 0.2) is 0 Å². The fraction of sp³-hybridized carbons (Fsp3) is 0.800. The molecule has 0 aliphatic heterocycles. The first-order valence-corrected chi connectivity index (χ1v) is 13.8. The van der Waals surface area contributed by atoms with Gasteiger partial charge in [-0.05, 0) is 130 Å². The summed E-state index contributed by atoms with van der Waals surface area (Å²) < 4.78 is 36.2. The minimum atomic E-state index is -3.09. The quantitative estimate of drug-likeness (QED) is 0.425. The number of rotatable bonds is 5. The first-order chi connectivity index (χ1) is 15.7. The van der Waals surface area contributed by atoms with Crippen LogP contribution in [0.2, 0.25) is 0 Å².